The summed E-state index contributed by atoms with van der Waals surface area (Å²) in [6.45, 7) is 1.49. The van der Waals surface area contributed by atoms with Crippen LogP contribution < -0.4 is 9.47 Å². The summed E-state index contributed by atoms with van der Waals surface area (Å²) in [6, 6.07) is 33.4. The lowest BCUT2D eigenvalue weighted by atomic mass is 10.1. The number of para-hydroxylation sites is 2. The van der Waals surface area contributed by atoms with Gasteiger partial charge in [-0.2, -0.15) is 0 Å². The van der Waals surface area contributed by atoms with Gasteiger partial charge in [0.25, 0.3) is 0 Å². The topological polar surface area (TPSA) is 61.8 Å². The molecule has 0 aliphatic rings. The first-order valence-electron chi connectivity index (χ1n) is 12.8. The van der Waals surface area contributed by atoms with Gasteiger partial charge in [0.15, 0.2) is 11.6 Å². The molecule has 0 fully saturated rings. The van der Waals surface area contributed by atoms with E-state index in [-0.39, 0.29) is 11.6 Å². The van der Waals surface area contributed by atoms with E-state index in [4.69, 9.17) is 14.2 Å². The molecule has 0 unspecified atom stereocenters. The number of hydrogen-bond donors (Lipinski definition) is 0. The van der Waals surface area contributed by atoms with Crippen LogP contribution in [0.2, 0.25) is 0 Å². The molecule has 39 heavy (non-hydrogen) atoms. The first kappa shape index (κ1) is 27.3. The first-order valence-corrected chi connectivity index (χ1v) is 12.8. The molecular formula is C34H30O5. The number of ether oxygens (including phenoxy) is 3. The van der Waals surface area contributed by atoms with Crippen molar-refractivity contribution in [3.05, 3.63) is 144 Å². The van der Waals surface area contributed by atoms with Gasteiger partial charge in [0.1, 0.15) is 24.7 Å². The molecule has 4 aromatic rings. The number of benzene rings is 4. The highest BCUT2D eigenvalue weighted by Gasteiger charge is 2.05. The molecule has 0 radical (unpaired) electrons. The van der Waals surface area contributed by atoms with Crippen molar-refractivity contribution >= 4 is 23.7 Å². The Hall–Kier alpha value is -4.74. The summed E-state index contributed by atoms with van der Waals surface area (Å²) in [5.41, 5.74) is 2.92. The SMILES string of the molecule is O=C(/C=C/c1ccccc1OCCOCCOc1ccccc1/C=C/C(=O)c1ccccc1)c1ccccc1. The van der Waals surface area contributed by atoms with Crippen LogP contribution in [0.4, 0.5) is 0 Å². The quantitative estimate of drug-likeness (QED) is 0.103. The van der Waals surface area contributed by atoms with Crippen molar-refractivity contribution in [3.8, 4) is 11.5 Å². The van der Waals surface area contributed by atoms with Crippen molar-refractivity contribution in [2.75, 3.05) is 26.4 Å². The number of ketones is 2. The van der Waals surface area contributed by atoms with Gasteiger partial charge in [-0.15, -0.1) is 0 Å². The number of allylic oxidation sites excluding steroid dienone is 2. The van der Waals surface area contributed by atoms with E-state index in [0.29, 0.717) is 49.1 Å². The smallest absolute Gasteiger partial charge is 0.185 e. The molecule has 4 aromatic carbocycles. The van der Waals surface area contributed by atoms with Crippen LogP contribution in [-0.2, 0) is 4.74 Å². The van der Waals surface area contributed by atoms with Gasteiger partial charge in [0, 0.05) is 22.3 Å². The van der Waals surface area contributed by atoms with Crippen LogP contribution >= 0.6 is 0 Å². The minimum atomic E-state index is -0.0615. The standard InChI is InChI=1S/C34H30O5/c35-31(27-11-3-1-4-12-27)21-19-29-15-7-9-17-33(29)38-25-23-37-24-26-39-34-18-10-8-16-30(34)20-22-32(36)28-13-5-2-6-14-28/h1-22H,23-26H2/b21-19+,22-20+. The van der Waals surface area contributed by atoms with E-state index in [0.717, 1.165) is 11.1 Å². The van der Waals surface area contributed by atoms with E-state index in [9.17, 15) is 9.59 Å². The van der Waals surface area contributed by atoms with Crippen LogP contribution in [0.1, 0.15) is 31.8 Å². The minimum absolute atomic E-state index is 0.0615. The zero-order valence-corrected chi connectivity index (χ0v) is 21.6. The molecule has 0 spiro atoms. The number of rotatable bonds is 14. The van der Waals surface area contributed by atoms with Crippen LogP contribution in [-0.4, -0.2) is 38.0 Å². The van der Waals surface area contributed by atoms with Crippen molar-refractivity contribution in [1.29, 1.82) is 0 Å². The Balaban J connectivity index is 1.20. The molecule has 0 amide bonds. The van der Waals surface area contributed by atoms with Crippen LogP contribution in [0.25, 0.3) is 12.2 Å². The van der Waals surface area contributed by atoms with Gasteiger partial charge < -0.3 is 14.2 Å². The van der Waals surface area contributed by atoms with Crippen molar-refractivity contribution in [2.45, 2.75) is 0 Å². The molecule has 0 saturated carbocycles. The summed E-state index contributed by atoms with van der Waals surface area (Å²) in [5, 5.41) is 0. The van der Waals surface area contributed by atoms with Gasteiger partial charge in [-0.1, -0.05) is 97.1 Å². The Morgan fingerprint density at radius 1 is 0.487 bits per heavy atom. The summed E-state index contributed by atoms with van der Waals surface area (Å²) in [6.07, 6.45) is 6.63. The Bertz CT molecular complexity index is 1300. The van der Waals surface area contributed by atoms with Crippen molar-refractivity contribution in [1.82, 2.24) is 0 Å². The molecule has 0 saturated heterocycles. The summed E-state index contributed by atoms with van der Waals surface area (Å²) >= 11 is 0. The number of hydrogen-bond acceptors (Lipinski definition) is 5. The molecular weight excluding hydrogens is 488 g/mol. The first-order chi connectivity index (χ1) is 19.2. The minimum Gasteiger partial charge on any atom is -0.491 e. The highest BCUT2D eigenvalue weighted by atomic mass is 16.5. The average molecular weight is 519 g/mol. The zero-order chi connectivity index (χ0) is 27.1. The fourth-order valence-electron chi connectivity index (χ4n) is 3.75. The fraction of sp³-hybridized carbons (Fsp3) is 0.118. The third kappa shape index (κ3) is 8.66. The van der Waals surface area contributed by atoms with E-state index in [1.807, 2.05) is 84.9 Å². The van der Waals surface area contributed by atoms with E-state index >= 15 is 0 Å². The largest absolute Gasteiger partial charge is 0.491 e. The van der Waals surface area contributed by atoms with Crippen molar-refractivity contribution < 1.29 is 23.8 Å². The van der Waals surface area contributed by atoms with Crippen LogP contribution in [0.15, 0.2) is 121 Å². The van der Waals surface area contributed by atoms with Gasteiger partial charge in [0.05, 0.1) is 13.2 Å². The van der Waals surface area contributed by atoms with E-state index in [1.54, 1.807) is 48.6 Å². The normalized spacial score (nSPS) is 11.1. The molecule has 0 heterocycles. The Morgan fingerprint density at radius 2 is 0.872 bits per heavy atom. The average Bonchev–Trinajstić information content (AvgIpc) is 3.00. The molecule has 0 bridgehead atoms. The maximum absolute atomic E-state index is 12.4. The van der Waals surface area contributed by atoms with Gasteiger partial charge >= 0.3 is 0 Å². The Kier molecular flexibility index (Phi) is 10.4. The second kappa shape index (κ2) is 14.9. The fourth-order valence-corrected chi connectivity index (χ4v) is 3.75. The lowest BCUT2D eigenvalue weighted by molar-refractivity contribution is 0.0763. The Morgan fingerprint density at radius 3 is 1.31 bits per heavy atom. The van der Waals surface area contributed by atoms with Crippen LogP contribution in [0.5, 0.6) is 11.5 Å². The predicted octanol–water partition coefficient (Wildman–Crippen LogP) is 6.95. The number of carbonyl (C=O) groups excluding carboxylic acids is 2. The van der Waals surface area contributed by atoms with Gasteiger partial charge in [-0.3, -0.25) is 9.59 Å². The third-order valence-electron chi connectivity index (χ3n) is 5.75. The second-order valence-corrected chi connectivity index (χ2v) is 8.51. The van der Waals surface area contributed by atoms with E-state index in [1.165, 1.54) is 0 Å². The van der Waals surface area contributed by atoms with Crippen LogP contribution in [0.3, 0.4) is 0 Å². The highest BCUT2D eigenvalue weighted by molar-refractivity contribution is 6.07. The monoisotopic (exact) mass is 518 g/mol. The molecule has 0 aliphatic heterocycles. The van der Waals surface area contributed by atoms with Gasteiger partial charge in [-0.05, 0) is 36.4 Å². The molecule has 0 aliphatic carbocycles. The molecule has 5 nitrogen and oxygen atoms in total. The van der Waals surface area contributed by atoms with E-state index < -0.39 is 0 Å². The molecule has 0 aromatic heterocycles. The third-order valence-corrected chi connectivity index (χ3v) is 5.75. The molecule has 0 N–H and O–H groups in total. The zero-order valence-electron chi connectivity index (χ0n) is 21.6. The summed E-state index contributed by atoms with van der Waals surface area (Å²) in [4.78, 5) is 24.7. The van der Waals surface area contributed by atoms with Gasteiger partial charge in [-0.25, -0.2) is 0 Å². The molecule has 4 rings (SSSR count). The second-order valence-electron chi connectivity index (χ2n) is 8.51. The lowest BCUT2D eigenvalue weighted by Gasteiger charge is -2.11. The van der Waals surface area contributed by atoms with Crippen LogP contribution in [0, 0.1) is 0 Å². The van der Waals surface area contributed by atoms with Crippen molar-refractivity contribution in [3.63, 3.8) is 0 Å². The summed E-state index contributed by atoms with van der Waals surface area (Å²) in [7, 11) is 0. The summed E-state index contributed by atoms with van der Waals surface area (Å²) in [5.74, 6) is 1.24. The summed E-state index contributed by atoms with van der Waals surface area (Å²) < 4.78 is 17.4. The maximum Gasteiger partial charge on any atom is 0.185 e. The maximum atomic E-state index is 12.4. The Labute approximate surface area is 229 Å². The molecule has 5 heteroatoms. The lowest BCUT2D eigenvalue weighted by Crippen LogP contribution is -2.12. The van der Waals surface area contributed by atoms with Gasteiger partial charge in [0.2, 0.25) is 0 Å². The highest BCUT2D eigenvalue weighted by Crippen LogP contribution is 2.21. The molecule has 196 valence electrons. The molecule has 0 atom stereocenters. The van der Waals surface area contributed by atoms with E-state index in [2.05, 4.69) is 0 Å². The predicted molar refractivity (Wildman–Crippen MR) is 154 cm³/mol. The van der Waals surface area contributed by atoms with Crippen molar-refractivity contribution in [2.24, 2.45) is 0 Å². The number of carbonyl (C=O) groups is 2.